The minimum absolute atomic E-state index is 0.0718. The van der Waals surface area contributed by atoms with Gasteiger partial charge in [-0.2, -0.15) is 0 Å². The summed E-state index contributed by atoms with van der Waals surface area (Å²) in [7, 11) is 1.63. The Kier molecular flexibility index (Phi) is 2.68. The molecule has 0 aliphatic rings. The van der Waals surface area contributed by atoms with Gasteiger partial charge in [0.05, 0.1) is 18.9 Å². The molecule has 1 aromatic heterocycles. The first-order chi connectivity index (χ1) is 5.24. The summed E-state index contributed by atoms with van der Waals surface area (Å²) in [5.74, 6) is 0.881. The van der Waals surface area contributed by atoms with Crippen molar-refractivity contribution in [1.82, 2.24) is 0 Å². The maximum Gasteiger partial charge on any atom is 0.101 e. The van der Waals surface area contributed by atoms with Gasteiger partial charge in [0, 0.05) is 12.7 Å². The summed E-state index contributed by atoms with van der Waals surface area (Å²) >= 11 is 0. The molecule has 1 heterocycles. The van der Waals surface area contributed by atoms with Gasteiger partial charge in [-0.05, 0) is 13.0 Å². The van der Waals surface area contributed by atoms with Gasteiger partial charge in [0.2, 0.25) is 0 Å². The third kappa shape index (κ3) is 2.06. The number of ether oxygens (including phenoxy) is 1. The highest BCUT2D eigenvalue weighted by Crippen LogP contribution is 2.13. The van der Waals surface area contributed by atoms with E-state index < -0.39 is 0 Å². The van der Waals surface area contributed by atoms with Crippen molar-refractivity contribution in [2.24, 2.45) is 5.73 Å². The number of hydrogen-bond acceptors (Lipinski definition) is 3. The number of furan rings is 1. The third-order valence-electron chi connectivity index (χ3n) is 1.53. The van der Waals surface area contributed by atoms with Gasteiger partial charge < -0.3 is 14.9 Å². The van der Waals surface area contributed by atoms with Gasteiger partial charge in [0.1, 0.15) is 5.76 Å². The van der Waals surface area contributed by atoms with Crippen LogP contribution in [0.1, 0.15) is 17.4 Å². The Morgan fingerprint density at radius 2 is 2.45 bits per heavy atom. The van der Waals surface area contributed by atoms with Crippen LogP contribution in [0.25, 0.3) is 0 Å². The van der Waals surface area contributed by atoms with Crippen molar-refractivity contribution in [3.63, 3.8) is 0 Å². The molecule has 1 unspecified atom stereocenters. The highest BCUT2D eigenvalue weighted by Gasteiger charge is 2.07. The third-order valence-corrected chi connectivity index (χ3v) is 1.53. The lowest BCUT2D eigenvalue weighted by molar-refractivity contribution is 0.180. The predicted molar refractivity (Wildman–Crippen MR) is 42.2 cm³/mol. The van der Waals surface area contributed by atoms with Crippen LogP contribution in [0.2, 0.25) is 0 Å². The van der Waals surface area contributed by atoms with Gasteiger partial charge in [-0.1, -0.05) is 0 Å². The first kappa shape index (κ1) is 8.30. The molecule has 0 saturated carbocycles. The molecule has 11 heavy (non-hydrogen) atoms. The summed E-state index contributed by atoms with van der Waals surface area (Å²) in [6.45, 7) is 2.42. The largest absolute Gasteiger partial charge is 0.469 e. The average molecular weight is 155 g/mol. The fourth-order valence-electron chi connectivity index (χ4n) is 0.934. The molecule has 1 atom stereocenters. The Labute approximate surface area is 66.1 Å². The first-order valence-electron chi connectivity index (χ1n) is 3.53. The van der Waals surface area contributed by atoms with Crippen molar-refractivity contribution < 1.29 is 9.15 Å². The molecule has 0 saturated heterocycles. The Bertz CT molecular complexity index is 220. The van der Waals surface area contributed by atoms with E-state index in [4.69, 9.17) is 14.9 Å². The van der Waals surface area contributed by atoms with Gasteiger partial charge in [0.15, 0.2) is 0 Å². The molecule has 0 bridgehead atoms. The molecule has 1 rings (SSSR count). The Balaban J connectivity index is 2.60. The zero-order chi connectivity index (χ0) is 8.27. The van der Waals surface area contributed by atoms with Crippen LogP contribution in [0.4, 0.5) is 0 Å². The number of hydrogen-bond donors (Lipinski definition) is 1. The van der Waals surface area contributed by atoms with E-state index in [2.05, 4.69) is 0 Å². The molecule has 0 fully saturated rings. The van der Waals surface area contributed by atoms with Crippen molar-refractivity contribution in [3.05, 3.63) is 23.7 Å². The summed E-state index contributed by atoms with van der Waals surface area (Å²) in [5.41, 5.74) is 6.72. The minimum atomic E-state index is -0.0718. The summed E-state index contributed by atoms with van der Waals surface area (Å²) in [4.78, 5) is 0. The van der Waals surface area contributed by atoms with Gasteiger partial charge in [-0.15, -0.1) is 0 Å². The number of methoxy groups -OCH3 is 1. The number of rotatable bonds is 3. The molecule has 0 radical (unpaired) electrons. The van der Waals surface area contributed by atoms with Gasteiger partial charge in [0.25, 0.3) is 0 Å². The molecule has 0 aliphatic carbocycles. The summed E-state index contributed by atoms with van der Waals surface area (Å²) in [5, 5.41) is 0. The topological polar surface area (TPSA) is 48.4 Å². The Hall–Kier alpha value is -0.800. The lowest BCUT2D eigenvalue weighted by Gasteiger charge is -2.05. The van der Waals surface area contributed by atoms with Crippen LogP contribution in [0, 0.1) is 6.92 Å². The Morgan fingerprint density at radius 1 is 1.73 bits per heavy atom. The maximum absolute atomic E-state index is 5.73. The van der Waals surface area contributed by atoms with E-state index in [1.54, 1.807) is 13.4 Å². The normalized spacial score (nSPS) is 13.4. The van der Waals surface area contributed by atoms with Crippen molar-refractivity contribution in [1.29, 1.82) is 0 Å². The van der Waals surface area contributed by atoms with E-state index in [0.717, 1.165) is 11.3 Å². The van der Waals surface area contributed by atoms with Crippen LogP contribution in [0.3, 0.4) is 0 Å². The van der Waals surface area contributed by atoms with E-state index in [1.165, 1.54) is 0 Å². The molecular weight excluding hydrogens is 142 g/mol. The first-order valence-corrected chi connectivity index (χ1v) is 3.53. The molecule has 1 aromatic rings. The SMILES string of the molecule is COCC(N)c1coc(C)c1. The zero-order valence-corrected chi connectivity index (χ0v) is 6.83. The van der Waals surface area contributed by atoms with E-state index in [9.17, 15) is 0 Å². The van der Waals surface area contributed by atoms with E-state index >= 15 is 0 Å². The second-order valence-corrected chi connectivity index (χ2v) is 2.55. The Morgan fingerprint density at radius 3 is 2.91 bits per heavy atom. The van der Waals surface area contributed by atoms with Crippen LogP contribution in [-0.2, 0) is 4.74 Å². The number of aryl methyl sites for hydroxylation is 1. The molecule has 0 aliphatic heterocycles. The van der Waals surface area contributed by atoms with Crippen molar-refractivity contribution in [2.75, 3.05) is 13.7 Å². The van der Waals surface area contributed by atoms with E-state index in [-0.39, 0.29) is 6.04 Å². The van der Waals surface area contributed by atoms with Gasteiger partial charge in [-0.25, -0.2) is 0 Å². The molecule has 0 aromatic carbocycles. The highest BCUT2D eigenvalue weighted by atomic mass is 16.5. The summed E-state index contributed by atoms with van der Waals surface area (Å²) in [6.07, 6.45) is 1.67. The van der Waals surface area contributed by atoms with Crippen molar-refractivity contribution >= 4 is 0 Å². The van der Waals surface area contributed by atoms with Crippen molar-refractivity contribution in [3.8, 4) is 0 Å². The maximum atomic E-state index is 5.73. The van der Waals surface area contributed by atoms with Crippen LogP contribution in [-0.4, -0.2) is 13.7 Å². The second kappa shape index (κ2) is 3.55. The molecule has 3 heteroatoms. The van der Waals surface area contributed by atoms with Crippen LogP contribution >= 0.6 is 0 Å². The van der Waals surface area contributed by atoms with Crippen LogP contribution < -0.4 is 5.73 Å². The van der Waals surface area contributed by atoms with Crippen LogP contribution in [0.15, 0.2) is 16.7 Å². The number of nitrogens with two attached hydrogens (primary N) is 1. The lowest BCUT2D eigenvalue weighted by atomic mass is 10.2. The molecule has 0 amide bonds. The quantitative estimate of drug-likeness (QED) is 0.714. The molecule has 3 nitrogen and oxygen atoms in total. The van der Waals surface area contributed by atoms with Crippen LogP contribution in [0.5, 0.6) is 0 Å². The minimum Gasteiger partial charge on any atom is -0.469 e. The molecule has 2 N–H and O–H groups in total. The predicted octanol–water partition coefficient (Wildman–Crippen LogP) is 1.23. The van der Waals surface area contributed by atoms with Crippen molar-refractivity contribution in [2.45, 2.75) is 13.0 Å². The standard InChI is InChI=1S/C8H13NO2/c1-6-3-7(4-11-6)8(9)5-10-2/h3-4,8H,5,9H2,1-2H3. The highest BCUT2D eigenvalue weighted by molar-refractivity contribution is 5.15. The lowest BCUT2D eigenvalue weighted by Crippen LogP contribution is -2.15. The molecule has 62 valence electrons. The van der Waals surface area contributed by atoms with E-state index in [0.29, 0.717) is 6.61 Å². The monoisotopic (exact) mass is 155 g/mol. The summed E-state index contributed by atoms with van der Waals surface area (Å²) in [6, 6.07) is 1.85. The molecule has 0 spiro atoms. The fraction of sp³-hybridized carbons (Fsp3) is 0.500. The van der Waals surface area contributed by atoms with E-state index in [1.807, 2.05) is 13.0 Å². The smallest absolute Gasteiger partial charge is 0.101 e. The van der Waals surface area contributed by atoms with Gasteiger partial charge >= 0.3 is 0 Å². The summed E-state index contributed by atoms with van der Waals surface area (Å²) < 4.78 is 10.00. The van der Waals surface area contributed by atoms with Gasteiger partial charge in [-0.3, -0.25) is 0 Å². The fourth-order valence-corrected chi connectivity index (χ4v) is 0.934. The zero-order valence-electron chi connectivity index (χ0n) is 6.83. The average Bonchev–Trinajstić information content (AvgIpc) is 2.36. The second-order valence-electron chi connectivity index (χ2n) is 2.55. The molecular formula is C8H13NO2.